The Morgan fingerprint density at radius 3 is 2.59 bits per heavy atom. The first-order chi connectivity index (χ1) is 10.2. The summed E-state index contributed by atoms with van der Waals surface area (Å²) in [5.41, 5.74) is 2.07. The molecule has 1 saturated carbocycles. The molecule has 122 valence electrons. The number of carbonyl (C=O) groups excluding carboxylic acids is 1. The molecule has 4 nitrogen and oxygen atoms in total. The van der Waals surface area contributed by atoms with Crippen molar-refractivity contribution in [1.29, 1.82) is 0 Å². The first-order valence-corrected chi connectivity index (χ1v) is 8.50. The van der Waals surface area contributed by atoms with Gasteiger partial charge in [-0.1, -0.05) is 28.1 Å². The van der Waals surface area contributed by atoms with Gasteiger partial charge in [-0.15, -0.1) is 0 Å². The van der Waals surface area contributed by atoms with Gasteiger partial charge in [0.2, 0.25) is 0 Å². The molecule has 0 aromatic heterocycles. The Bertz CT molecular complexity index is 534. The molecule has 1 aliphatic carbocycles. The second-order valence-corrected chi connectivity index (χ2v) is 7.84. The van der Waals surface area contributed by atoms with E-state index in [1.807, 2.05) is 20.8 Å². The molecular weight excluding hydrogens is 344 g/mol. The number of hydrogen-bond acceptors (Lipinski definition) is 3. The zero-order chi connectivity index (χ0) is 16.3. The van der Waals surface area contributed by atoms with Gasteiger partial charge in [-0.25, -0.2) is 4.79 Å². The first-order valence-electron chi connectivity index (χ1n) is 7.71. The molecule has 0 aliphatic heterocycles. The van der Waals surface area contributed by atoms with E-state index in [2.05, 4.69) is 51.7 Å². The van der Waals surface area contributed by atoms with Gasteiger partial charge >= 0.3 is 6.09 Å². The van der Waals surface area contributed by atoms with Crippen LogP contribution in [-0.2, 0) is 11.3 Å². The maximum Gasteiger partial charge on any atom is 0.407 e. The number of carbonyl (C=O) groups is 1. The lowest BCUT2D eigenvalue weighted by atomic mass is 9.86. The molecular formula is C17H25BrN2O2. The molecule has 1 aliphatic rings. The molecule has 1 aromatic carbocycles. The summed E-state index contributed by atoms with van der Waals surface area (Å²) in [7, 11) is 0. The first kappa shape index (κ1) is 17.3. The average molecular weight is 369 g/mol. The lowest BCUT2D eigenvalue weighted by Gasteiger charge is -2.36. The van der Waals surface area contributed by atoms with Crippen molar-refractivity contribution in [3.63, 3.8) is 0 Å². The number of halogens is 1. The summed E-state index contributed by atoms with van der Waals surface area (Å²) >= 11 is 3.60. The van der Waals surface area contributed by atoms with Crippen LogP contribution in [0.15, 0.2) is 22.7 Å². The number of aryl methyl sites for hydroxylation is 1. The predicted molar refractivity (Wildman–Crippen MR) is 91.9 cm³/mol. The third kappa shape index (κ3) is 5.29. The highest BCUT2D eigenvalue weighted by molar-refractivity contribution is 9.10. The fraction of sp³-hybridized carbons (Fsp3) is 0.588. The van der Waals surface area contributed by atoms with Gasteiger partial charge in [0.1, 0.15) is 5.60 Å². The highest BCUT2D eigenvalue weighted by atomic mass is 79.9. The van der Waals surface area contributed by atoms with Crippen molar-refractivity contribution in [2.45, 2.75) is 64.8 Å². The van der Waals surface area contributed by atoms with Crippen molar-refractivity contribution in [3.8, 4) is 0 Å². The monoisotopic (exact) mass is 368 g/mol. The molecule has 1 fully saturated rings. The van der Waals surface area contributed by atoms with Crippen molar-refractivity contribution in [2.75, 3.05) is 0 Å². The van der Waals surface area contributed by atoms with Crippen LogP contribution in [-0.4, -0.2) is 23.8 Å². The summed E-state index contributed by atoms with van der Waals surface area (Å²) < 4.78 is 6.40. The van der Waals surface area contributed by atoms with E-state index in [4.69, 9.17) is 4.74 Å². The van der Waals surface area contributed by atoms with Gasteiger partial charge in [0.15, 0.2) is 0 Å². The normalized spacial score (nSPS) is 21.1. The molecule has 1 amide bonds. The van der Waals surface area contributed by atoms with Gasteiger partial charge in [-0.3, -0.25) is 0 Å². The third-order valence-corrected chi connectivity index (χ3v) is 4.39. The predicted octanol–water partition coefficient (Wildman–Crippen LogP) is 3.90. The van der Waals surface area contributed by atoms with E-state index in [1.54, 1.807) is 0 Å². The van der Waals surface area contributed by atoms with Crippen LogP contribution in [0.25, 0.3) is 0 Å². The summed E-state index contributed by atoms with van der Waals surface area (Å²) in [5, 5.41) is 6.43. The van der Waals surface area contributed by atoms with Crippen LogP contribution in [0.4, 0.5) is 4.79 Å². The maximum atomic E-state index is 11.7. The lowest BCUT2D eigenvalue weighted by Crippen LogP contribution is -2.52. The van der Waals surface area contributed by atoms with Crippen molar-refractivity contribution >= 4 is 22.0 Å². The van der Waals surface area contributed by atoms with Crippen LogP contribution >= 0.6 is 15.9 Å². The Labute approximate surface area is 141 Å². The minimum atomic E-state index is -0.441. The van der Waals surface area contributed by atoms with E-state index in [-0.39, 0.29) is 12.1 Å². The molecule has 5 heteroatoms. The van der Waals surface area contributed by atoms with Crippen LogP contribution < -0.4 is 10.6 Å². The number of amides is 1. The summed E-state index contributed by atoms with van der Waals surface area (Å²) in [6, 6.07) is 7.06. The number of rotatable bonds is 4. The zero-order valence-corrected chi connectivity index (χ0v) is 15.3. The van der Waals surface area contributed by atoms with E-state index in [9.17, 15) is 4.79 Å². The van der Waals surface area contributed by atoms with Crippen molar-refractivity contribution in [1.82, 2.24) is 10.6 Å². The van der Waals surface area contributed by atoms with E-state index in [0.29, 0.717) is 6.04 Å². The quantitative estimate of drug-likeness (QED) is 0.846. The molecule has 0 saturated heterocycles. The molecule has 0 unspecified atom stereocenters. The molecule has 2 N–H and O–H groups in total. The van der Waals surface area contributed by atoms with Gasteiger partial charge in [0, 0.05) is 23.1 Å². The second-order valence-electron chi connectivity index (χ2n) is 6.99. The van der Waals surface area contributed by atoms with E-state index < -0.39 is 5.60 Å². The Hall–Kier alpha value is -1.07. The van der Waals surface area contributed by atoms with Crippen molar-refractivity contribution in [3.05, 3.63) is 33.8 Å². The summed E-state index contributed by atoms with van der Waals surface area (Å²) in [6.07, 6.45) is 1.57. The highest BCUT2D eigenvalue weighted by Gasteiger charge is 2.31. The number of alkyl carbamates (subject to hydrolysis) is 1. The standard InChI is InChI=1S/C17H25BrN2O2/c1-11-5-6-12(15(18)7-11)10-19-13-8-14(9-13)20-16(21)22-17(2,3)4/h5-7,13-14,19H,8-10H2,1-4H3,(H,20,21). The minimum absolute atomic E-state index is 0.216. The summed E-state index contributed by atoms with van der Waals surface area (Å²) in [5.74, 6) is 0. The van der Waals surface area contributed by atoms with E-state index in [0.717, 1.165) is 23.9 Å². The van der Waals surface area contributed by atoms with Crippen LogP contribution in [0.1, 0.15) is 44.7 Å². The smallest absolute Gasteiger partial charge is 0.407 e. The van der Waals surface area contributed by atoms with Crippen LogP contribution in [0.3, 0.4) is 0 Å². The topological polar surface area (TPSA) is 50.4 Å². The second kappa shape index (κ2) is 7.01. The van der Waals surface area contributed by atoms with Gasteiger partial charge in [-0.2, -0.15) is 0 Å². The zero-order valence-electron chi connectivity index (χ0n) is 13.7. The molecule has 0 spiro atoms. The molecule has 2 rings (SSSR count). The minimum Gasteiger partial charge on any atom is -0.444 e. The molecule has 0 bridgehead atoms. The third-order valence-electron chi connectivity index (χ3n) is 3.65. The molecule has 0 atom stereocenters. The molecule has 0 radical (unpaired) electrons. The number of nitrogens with one attached hydrogen (secondary N) is 2. The number of benzene rings is 1. The number of ether oxygens (including phenoxy) is 1. The van der Waals surface area contributed by atoms with Gasteiger partial charge < -0.3 is 15.4 Å². The Balaban J connectivity index is 1.68. The number of hydrogen-bond donors (Lipinski definition) is 2. The summed E-state index contributed by atoms with van der Waals surface area (Å²) in [6.45, 7) is 8.54. The average Bonchev–Trinajstić information content (AvgIpc) is 2.31. The van der Waals surface area contributed by atoms with Gasteiger partial charge in [0.25, 0.3) is 0 Å². The highest BCUT2D eigenvalue weighted by Crippen LogP contribution is 2.23. The molecule has 22 heavy (non-hydrogen) atoms. The van der Waals surface area contributed by atoms with Gasteiger partial charge in [0.05, 0.1) is 0 Å². The van der Waals surface area contributed by atoms with Crippen LogP contribution in [0.2, 0.25) is 0 Å². The molecule has 1 aromatic rings. The SMILES string of the molecule is Cc1ccc(CNC2CC(NC(=O)OC(C)(C)C)C2)c(Br)c1. The van der Waals surface area contributed by atoms with Crippen LogP contribution in [0, 0.1) is 6.92 Å². The summed E-state index contributed by atoms with van der Waals surface area (Å²) in [4.78, 5) is 11.7. The van der Waals surface area contributed by atoms with Crippen LogP contribution in [0.5, 0.6) is 0 Å². The Morgan fingerprint density at radius 1 is 1.32 bits per heavy atom. The Kier molecular flexibility index (Phi) is 5.50. The van der Waals surface area contributed by atoms with Crippen molar-refractivity contribution < 1.29 is 9.53 Å². The fourth-order valence-corrected chi connectivity index (χ4v) is 3.06. The lowest BCUT2D eigenvalue weighted by molar-refractivity contribution is 0.0465. The van der Waals surface area contributed by atoms with E-state index >= 15 is 0 Å². The molecule has 0 heterocycles. The fourth-order valence-electron chi connectivity index (χ4n) is 2.43. The maximum absolute atomic E-state index is 11.7. The van der Waals surface area contributed by atoms with Gasteiger partial charge in [-0.05, 0) is 57.7 Å². The Morgan fingerprint density at radius 2 is 2.00 bits per heavy atom. The van der Waals surface area contributed by atoms with E-state index in [1.165, 1.54) is 11.1 Å². The largest absolute Gasteiger partial charge is 0.444 e. The van der Waals surface area contributed by atoms with Crippen molar-refractivity contribution in [2.24, 2.45) is 0 Å².